The first kappa shape index (κ1) is 22.7. The van der Waals surface area contributed by atoms with Gasteiger partial charge >= 0.3 is 0 Å². The second-order valence-electron chi connectivity index (χ2n) is 6.72. The van der Waals surface area contributed by atoms with Gasteiger partial charge in [0.2, 0.25) is 5.91 Å². The van der Waals surface area contributed by atoms with E-state index in [1.807, 2.05) is 36.5 Å². The van der Waals surface area contributed by atoms with Crippen molar-refractivity contribution >= 4 is 17.5 Å². The van der Waals surface area contributed by atoms with Crippen LogP contribution in [0.4, 0.5) is 18.9 Å². The molecule has 0 aromatic heterocycles. The molecule has 166 valence electrons. The third kappa shape index (κ3) is 6.24. The lowest BCUT2D eigenvalue weighted by Crippen LogP contribution is -2.36. The minimum Gasteiger partial charge on any atom is -0.484 e. The number of aryl methyl sites for hydroxylation is 1. The summed E-state index contributed by atoms with van der Waals surface area (Å²) < 4.78 is 50.7. The van der Waals surface area contributed by atoms with E-state index in [1.165, 1.54) is 0 Å². The fourth-order valence-corrected chi connectivity index (χ4v) is 2.54. The Kier molecular flexibility index (Phi) is 7.33. The Labute approximate surface area is 182 Å². The minimum absolute atomic E-state index is 0.370. The van der Waals surface area contributed by atoms with Gasteiger partial charge in [-0.15, -0.1) is 0 Å². The molecule has 6 nitrogen and oxygen atoms in total. The van der Waals surface area contributed by atoms with E-state index in [1.54, 1.807) is 24.3 Å². The van der Waals surface area contributed by atoms with Gasteiger partial charge < -0.3 is 20.1 Å². The molecule has 0 aliphatic rings. The maximum atomic E-state index is 13.6. The number of rotatable bonds is 8. The summed E-state index contributed by atoms with van der Waals surface area (Å²) in [4.78, 5) is 23.6. The third-order valence-corrected chi connectivity index (χ3v) is 4.21. The van der Waals surface area contributed by atoms with E-state index in [9.17, 15) is 22.8 Å². The van der Waals surface area contributed by atoms with Crippen LogP contribution in [0, 0.1) is 24.4 Å². The van der Waals surface area contributed by atoms with E-state index in [2.05, 4.69) is 5.32 Å². The van der Waals surface area contributed by atoms with Crippen LogP contribution in [-0.4, -0.2) is 25.0 Å². The molecule has 0 heterocycles. The molecule has 0 saturated heterocycles. The SMILES string of the molecule is Cc1ccc(Oc2ccc(OCC(=O)NCC(=O)Nc3ccc(F)c(F)c3F)cc2)cc1. The van der Waals surface area contributed by atoms with E-state index in [4.69, 9.17) is 9.47 Å². The highest BCUT2D eigenvalue weighted by Crippen LogP contribution is 2.24. The van der Waals surface area contributed by atoms with Gasteiger partial charge in [0.1, 0.15) is 17.2 Å². The van der Waals surface area contributed by atoms with E-state index in [0.29, 0.717) is 23.3 Å². The molecule has 2 amide bonds. The molecule has 0 fully saturated rings. The number of nitrogens with one attached hydrogen (secondary N) is 2. The smallest absolute Gasteiger partial charge is 0.258 e. The standard InChI is InChI=1S/C23H19F3N2O4/c1-14-2-4-16(5-3-14)32-17-8-6-15(7-9-17)31-13-21(30)27-12-20(29)28-19-11-10-18(24)22(25)23(19)26/h2-11H,12-13H2,1H3,(H,27,30)(H,28,29). The topological polar surface area (TPSA) is 76.7 Å². The Morgan fingerprint density at radius 1 is 0.781 bits per heavy atom. The first-order valence-corrected chi connectivity index (χ1v) is 9.49. The van der Waals surface area contributed by atoms with Crippen molar-refractivity contribution in [3.63, 3.8) is 0 Å². The fraction of sp³-hybridized carbons (Fsp3) is 0.130. The highest BCUT2D eigenvalue weighted by Gasteiger charge is 2.15. The number of hydrogen-bond acceptors (Lipinski definition) is 4. The first-order valence-electron chi connectivity index (χ1n) is 9.49. The number of carbonyl (C=O) groups is 2. The molecule has 3 aromatic carbocycles. The summed E-state index contributed by atoms with van der Waals surface area (Å²) in [5.41, 5.74) is 0.584. The summed E-state index contributed by atoms with van der Waals surface area (Å²) >= 11 is 0. The molecule has 32 heavy (non-hydrogen) atoms. The van der Waals surface area contributed by atoms with E-state index in [0.717, 1.165) is 11.6 Å². The number of ether oxygens (including phenoxy) is 2. The van der Waals surface area contributed by atoms with E-state index >= 15 is 0 Å². The fourth-order valence-electron chi connectivity index (χ4n) is 2.54. The number of amides is 2. The van der Waals surface area contributed by atoms with Crippen LogP contribution in [0.1, 0.15) is 5.56 Å². The molecule has 3 aromatic rings. The second kappa shape index (κ2) is 10.3. The lowest BCUT2D eigenvalue weighted by Gasteiger charge is -2.10. The predicted octanol–water partition coefficient (Wildman–Crippen LogP) is 4.34. The molecule has 0 saturated carbocycles. The first-order chi connectivity index (χ1) is 15.3. The van der Waals surface area contributed by atoms with Gasteiger partial charge in [-0.25, -0.2) is 13.2 Å². The lowest BCUT2D eigenvalue weighted by molar-refractivity contribution is -0.125. The Hall–Kier alpha value is -4.01. The minimum atomic E-state index is -1.70. The van der Waals surface area contributed by atoms with Crippen LogP contribution in [0.25, 0.3) is 0 Å². The summed E-state index contributed by atoms with van der Waals surface area (Å²) in [5, 5.41) is 4.32. The van der Waals surface area contributed by atoms with Crippen molar-refractivity contribution in [3.05, 3.63) is 83.7 Å². The maximum Gasteiger partial charge on any atom is 0.258 e. The molecule has 3 rings (SSSR count). The summed E-state index contributed by atoms with van der Waals surface area (Å²) in [6.07, 6.45) is 0. The Balaban J connectivity index is 1.42. The van der Waals surface area contributed by atoms with Gasteiger partial charge in [-0.05, 0) is 55.5 Å². The van der Waals surface area contributed by atoms with Gasteiger partial charge in [0, 0.05) is 0 Å². The van der Waals surface area contributed by atoms with Crippen molar-refractivity contribution in [2.75, 3.05) is 18.5 Å². The number of carbonyl (C=O) groups excluding carboxylic acids is 2. The third-order valence-electron chi connectivity index (χ3n) is 4.21. The quantitative estimate of drug-likeness (QED) is 0.507. The highest BCUT2D eigenvalue weighted by atomic mass is 19.2. The normalized spacial score (nSPS) is 10.4. The number of halogens is 3. The van der Waals surface area contributed by atoms with Crippen molar-refractivity contribution in [2.45, 2.75) is 6.92 Å². The van der Waals surface area contributed by atoms with E-state index in [-0.39, 0.29) is 6.61 Å². The number of hydrogen-bond donors (Lipinski definition) is 2. The molecule has 0 radical (unpaired) electrons. The molecule has 0 bridgehead atoms. The number of benzene rings is 3. The van der Waals surface area contributed by atoms with Gasteiger partial charge in [-0.3, -0.25) is 9.59 Å². The Morgan fingerprint density at radius 2 is 1.38 bits per heavy atom. The summed E-state index contributed by atoms with van der Waals surface area (Å²) in [6, 6.07) is 15.7. The van der Waals surface area contributed by atoms with E-state index < -0.39 is 41.5 Å². The second-order valence-corrected chi connectivity index (χ2v) is 6.72. The van der Waals surface area contributed by atoms with Crippen molar-refractivity contribution in [3.8, 4) is 17.2 Å². The molecule has 2 N–H and O–H groups in total. The van der Waals surface area contributed by atoms with Crippen LogP contribution in [0.5, 0.6) is 17.2 Å². The largest absolute Gasteiger partial charge is 0.484 e. The van der Waals surface area contributed by atoms with Crippen LogP contribution >= 0.6 is 0 Å². The van der Waals surface area contributed by atoms with Gasteiger partial charge in [-0.2, -0.15) is 0 Å². The van der Waals surface area contributed by atoms with Crippen molar-refractivity contribution < 1.29 is 32.2 Å². The average Bonchev–Trinajstić information content (AvgIpc) is 2.79. The van der Waals surface area contributed by atoms with Crippen LogP contribution in [0.15, 0.2) is 60.7 Å². The number of anilines is 1. The molecule has 0 unspecified atom stereocenters. The average molecular weight is 444 g/mol. The summed E-state index contributed by atoms with van der Waals surface area (Å²) in [5.74, 6) is -4.34. The lowest BCUT2D eigenvalue weighted by atomic mass is 10.2. The molecular weight excluding hydrogens is 425 g/mol. The molecular formula is C23H19F3N2O4. The molecule has 0 spiro atoms. The van der Waals surface area contributed by atoms with Gasteiger partial charge in [-0.1, -0.05) is 17.7 Å². The van der Waals surface area contributed by atoms with Gasteiger partial charge in [0.25, 0.3) is 5.91 Å². The van der Waals surface area contributed by atoms with Crippen LogP contribution < -0.4 is 20.1 Å². The molecule has 0 atom stereocenters. The van der Waals surface area contributed by atoms with Gasteiger partial charge in [0.15, 0.2) is 24.1 Å². The Morgan fingerprint density at radius 3 is 2.03 bits per heavy atom. The van der Waals surface area contributed by atoms with Crippen molar-refractivity contribution in [1.82, 2.24) is 5.32 Å². The van der Waals surface area contributed by atoms with Crippen LogP contribution in [0.2, 0.25) is 0 Å². The molecule has 0 aliphatic carbocycles. The molecule has 9 heteroatoms. The zero-order valence-corrected chi connectivity index (χ0v) is 17.0. The monoisotopic (exact) mass is 444 g/mol. The Bertz CT molecular complexity index is 1100. The summed E-state index contributed by atoms with van der Waals surface area (Å²) in [6.45, 7) is 1.10. The molecule has 0 aliphatic heterocycles. The zero-order valence-electron chi connectivity index (χ0n) is 17.0. The van der Waals surface area contributed by atoms with Crippen LogP contribution in [0.3, 0.4) is 0 Å². The zero-order chi connectivity index (χ0) is 23.1. The summed E-state index contributed by atoms with van der Waals surface area (Å²) in [7, 11) is 0. The predicted molar refractivity (Wildman–Crippen MR) is 111 cm³/mol. The van der Waals surface area contributed by atoms with Crippen molar-refractivity contribution in [1.29, 1.82) is 0 Å². The highest BCUT2D eigenvalue weighted by molar-refractivity contribution is 5.94. The van der Waals surface area contributed by atoms with Gasteiger partial charge in [0.05, 0.1) is 12.2 Å². The van der Waals surface area contributed by atoms with Crippen LogP contribution in [-0.2, 0) is 9.59 Å². The van der Waals surface area contributed by atoms with Crippen molar-refractivity contribution in [2.24, 2.45) is 0 Å². The maximum absolute atomic E-state index is 13.6.